The standard InChI is InChI=1S/C17H21ClN4OS/c1-12-6-5-9-22(10-12)15(23)11-24-17-20-19-16(21(17)2)13-7-3-4-8-14(13)18/h3-4,7-8,12H,5-6,9-11H2,1-2H3. The van der Waals surface area contributed by atoms with Crippen molar-refractivity contribution >= 4 is 29.3 Å². The van der Waals surface area contributed by atoms with Crippen molar-refractivity contribution in [2.24, 2.45) is 13.0 Å². The Hall–Kier alpha value is -1.53. The van der Waals surface area contributed by atoms with Gasteiger partial charge >= 0.3 is 0 Å². The van der Waals surface area contributed by atoms with Gasteiger partial charge in [-0.2, -0.15) is 0 Å². The molecule has 1 atom stereocenters. The van der Waals surface area contributed by atoms with Crippen molar-refractivity contribution in [3.63, 3.8) is 0 Å². The summed E-state index contributed by atoms with van der Waals surface area (Å²) in [5.41, 5.74) is 0.845. The summed E-state index contributed by atoms with van der Waals surface area (Å²) in [6.45, 7) is 3.93. The van der Waals surface area contributed by atoms with Crippen LogP contribution in [0.2, 0.25) is 5.02 Å². The summed E-state index contributed by atoms with van der Waals surface area (Å²) in [5.74, 6) is 1.87. The van der Waals surface area contributed by atoms with Gasteiger partial charge < -0.3 is 9.47 Å². The van der Waals surface area contributed by atoms with Crippen molar-refractivity contribution in [3.05, 3.63) is 29.3 Å². The van der Waals surface area contributed by atoms with E-state index in [0.29, 0.717) is 22.5 Å². The van der Waals surface area contributed by atoms with Crippen LogP contribution in [0.4, 0.5) is 0 Å². The molecule has 5 nitrogen and oxygen atoms in total. The molecule has 1 aromatic carbocycles. The van der Waals surface area contributed by atoms with E-state index in [1.54, 1.807) is 0 Å². The normalized spacial score (nSPS) is 18.0. The Kier molecular flexibility index (Phi) is 5.46. The molecule has 1 fully saturated rings. The Morgan fingerprint density at radius 1 is 1.38 bits per heavy atom. The topological polar surface area (TPSA) is 51.0 Å². The van der Waals surface area contributed by atoms with Crippen molar-refractivity contribution in [2.45, 2.75) is 24.9 Å². The number of piperidine rings is 1. The second-order valence-electron chi connectivity index (χ2n) is 6.22. The molecular weight excluding hydrogens is 344 g/mol. The van der Waals surface area contributed by atoms with E-state index in [0.717, 1.165) is 30.2 Å². The maximum absolute atomic E-state index is 12.4. The fourth-order valence-corrected chi connectivity index (χ4v) is 3.99. The van der Waals surface area contributed by atoms with Crippen LogP contribution in [-0.4, -0.2) is 44.4 Å². The molecule has 2 aromatic rings. The van der Waals surface area contributed by atoms with Gasteiger partial charge in [-0.1, -0.05) is 42.4 Å². The average molecular weight is 365 g/mol. The Morgan fingerprint density at radius 3 is 2.92 bits per heavy atom. The van der Waals surface area contributed by atoms with Crippen molar-refractivity contribution in [3.8, 4) is 11.4 Å². The molecule has 1 aliphatic heterocycles. The molecule has 0 N–H and O–H groups in total. The third-order valence-corrected chi connectivity index (χ3v) is 5.62. The van der Waals surface area contributed by atoms with Gasteiger partial charge in [0.05, 0.1) is 10.8 Å². The Labute approximate surface area is 151 Å². The van der Waals surface area contributed by atoms with Crippen LogP contribution in [0.1, 0.15) is 19.8 Å². The van der Waals surface area contributed by atoms with Crippen LogP contribution in [0, 0.1) is 5.92 Å². The van der Waals surface area contributed by atoms with E-state index in [9.17, 15) is 4.79 Å². The smallest absolute Gasteiger partial charge is 0.233 e. The van der Waals surface area contributed by atoms with Gasteiger partial charge in [0.1, 0.15) is 0 Å². The minimum atomic E-state index is 0.175. The lowest BCUT2D eigenvalue weighted by Gasteiger charge is -2.30. The van der Waals surface area contributed by atoms with E-state index >= 15 is 0 Å². The van der Waals surface area contributed by atoms with Crippen molar-refractivity contribution < 1.29 is 4.79 Å². The maximum atomic E-state index is 12.4. The van der Waals surface area contributed by atoms with Crippen LogP contribution in [0.3, 0.4) is 0 Å². The number of halogens is 1. The quantitative estimate of drug-likeness (QED) is 0.779. The zero-order chi connectivity index (χ0) is 17.1. The second-order valence-corrected chi connectivity index (χ2v) is 7.57. The SMILES string of the molecule is CC1CCCN(C(=O)CSc2nnc(-c3ccccc3Cl)n2C)C1. The molecule has 0 saturated carbocycles. The van der Waals surface area contributed by atoms with Gasteiger partial charge in [-0.05, 0) is 30.9 Å². The van der Waals surface area contributed by atoms with E-state index in [-0.39, 0.29) is 5.91 Å². The van der Waals surface area contributed by atoms with Crippen LogP contribution >= 0.6 is 23.4 Å². The molecule has 1 aromatic heterocycles. The molecular formula is C17H21ClN4OS. The number of amides is 1. The van der Waals surface area contributed by atoms with Crippen molar-refractivity contribution in [2.75, 3.05) is 18.8 Å². The van der Waals surface area contributed by atoms with Gasteiger partial charge in [-0.25, -0.2) is 0 Å². The lowest BCUT2D eigenvalue weighted by Crippen LogP contribution is -2.40. The van der Waals surface area contributed by atoms with Gasteiger partial charge in [0.15, 0.2) is 11.0 Å². The molecule has 1 saturated heterocycles. The molecule has 1 amide bonds. The van der Waals surface area contributed by atoms with Crippen LogP contribution in [0.25, 0.3) is 11.4 Å². The summed E-state index contributed by atoms with van der Waals surface area (Å²) < 4.78 is 1.89. The first-order chi connectivity index (χ1) is 11.6. The van der Waals surface area contributed by atoms with Crippen LogP contribution < -0.4 is 0 Å². The first-order valence-corrected chi connectivity index (χ1v) is 9.47. The van der Waals surface area contributed by atoms with E-state index in [2.05, 4.69) is 17.1 Å². The number of thioether (sulfide) groups is 1. The molecule has 0 spiro atoms. The van der Waals surface area contributed by atoms with Gasteiger partial charge in [0.2, 0.25) is 5.91 Å². The second kappa shape index (κ2) is 7.57. The molecule has 0 radical (unpaired) electrons. The van der Waals surface area contributed by atoms with Crippen LogP contribution in [0.15, 0.2) is 29.4 Å². The summed E-state index contributed by atoms with van der Waals surface area (Å²) in [4.78, 5) is 14.4. The summed E-state index contributed by atoms with van der Waals surface area (Å²) >= 11 is 7.66. The molecule has 1 unspecified atom stereocenters. The molecule has 2 heterocycles. The van der Waals surface area contributed by atoms with E-state index < -0.39 is 0 Å². The number of aromatic nitrogens is 3. The van der Waals surface area contributed by atoms with Crippen LogP contribution in [-0.2, 0) is 11.8 Å². The molecule has 3 rings (SSSR count). The lowest BCUT2D eigenvalue weighted by atomic mass is 10.0. The molecule has 24 heavy (non-hydrogen) atoms. The summed E-state index contributed by atoms with van der Waals surface area (Å²) in [6.07, 6.45) is 2.31. The van der Waals surface area contributed by atoms with E-state index in [1.807, 2.05) is 40.8 Å². The Morgan fingerprint density at radius 2 is 2.17 bits per heavy atom. The highest BCUT2D eigenvalue weighted by molar-refractivity contribution is 7.99. The lowest BCUT2D eigenvalue weighted by molar-refractivity contribution is -0.130. The Balaban J connectivity index is 1.66. The third-order valence-electron chi connectivity index (χ3n) is 4.28. The number of carbonyl (C=O) groups excluding carboxylic acids is 1. The predicted molar refractivity (Wildman–Crippen MR) is 97.2 cm³/mol. The number of likely N-dealkylation sites (tertiary alicyclic amines) is 1. The average Bonchev–Trinajstić information content (AvgIpc) is 2.94. The zero-order valence-electron chi connectivity index (χ0n) is 13.9. The van der Waals surface area contributed by atoms with E-state index in [4.69, 9.17) is 11.6 Å². The highest BCUT2D eigenvalue weighted by Crippen LogP contribution is 2.28. The number of rotatable bonds is 4. The highest BCUT2D eigenvalue weighted by atomic mass is 35.5. The summed E-state index contributed by atoms with van der Waals surface area (Å²) in [6, 6.07) is 7.56. The minimum absolute atomic E-state index is 0.175. The fraction of sp³-hybridized carbons (Fsp3) is 0.471. The first-order valence-electron chi connectivity index (χ1n) is 8.11. The van der Waals surface area contributed by atoms with Gasteiger partial charge in [-0.15, -0.1) is 10.2 Å². The maximum Gasteiger partial charge on any atom is 0.233 e. The number of benzene rings is 1. The minimum Gasteiger partial charge on any atom is -0.342 e. The fourth-order valence-electron chi connectivity index (χ4n) is 2.95. The predicted octanol–water partition coefficient (Wildman–Crippen LogP) is 3.49. The summed E-state index contributed by atoms with van der Waals surface area (Å²) in [5, 5.41) is 9.81. The first kappa shape index (κ1) is 17.3. The van der Waals surface area contributed by atoms with Crippen LogP contribution in [0.5, 0.6) is 0 Å². The van der Waals surface area contributed by atoms with Crippen molar-refractivity contribution in [1.29, 1.82) is 0 Å². The Bertz CT molecular complexity index is 733. The van der Waals surface area contributed by atoms with Gasteiger partial charge in [-0.3, -0.25) is 4.79 Å². The monoisotopic (exact) mass is 364 g/mol. The molecule has 7 heteroatoms. The molecule has 128 valence electrons. The largest absolute Gasteiger partial charge is 0.342 e. The highest BCUT2D eigenvalue weighted by Gasteiger charge is 2.22. The summed E-state index contributed by atoms with van der Waals surface area (Å²) in [7, 11) is 1.90. The third kappa shape index (κ3) is 3.75. The molecule has 0 bridgehead atoms. The molecule has 0 aliphatic carbocycles. The number of hydrogen-bond acceptors (Lipinski definition) is 4. The molecule has 1 aliphatic rings. The van der Waals surface area contributed by atoms with Gasteiger partial charge in [0.25, 0.3) is 0 Å². The van der Waals surface area contributed by atoms with E-state index in [1.165, 1.54) is 18.2 Å². The zero-order valence-corrected chi connectivity index (χ0v) is 15.5. The number of nitrogens with zero attached hydrogens (tertiary/aromatic N) is 4. The number of hydrogen-bond donors (Lipinski definition) is 0. The van der Waals surface area contributed by atoms with Gasteiger partial charge in [0, 0.05) is 25.7 Å². The van der Waals surface area contributed by atoms with Crippen molar-refractivity contribution in [1.82, 2.24) is 19.7 Å². The number of carbonyl (C=O) groups is 1.